The average molecular weight is 241 g/mol. The average Bonchev–Trinajstić information content (AvgIpc) is 2.27. The Bertz CT molecular complexity index is 375. The summed E-state index contributed by atoms with van der Waals surface area (Å²) in [5.41, 5.74) is 0.992. The van der Waals surface area contributed by atoms with Crippen LogP contribution < -0.4 is 5.32 Å². The van der Waals surface area contributed by atoms with Crippen molar-refractivity contribution in [2.24, 2.45) is 5.16 Å². The SMILES string of the molecule is C/C(Cl)=N\OC(=O)NC(C)c1ccccc1. The Morgan fingerprint density at radius 1 is 1.44 bits per heavy atom. The van der Waals surface area contributed by atoms with Crippen LogP contribution in [0.3, 0.4) is 0 Å². The quantitative estimate of drug-likeness (QED) is 0.502. The van der Waals surface area contributed by atoms with Gasteiger partial charge in [0, 0.05) is 0 Å². The molecule has 0 bridgehead atoms. The molecule has 86 valence electrons. The second-order valence-electron chi connectivity index (χ2n) is 3.24. The predicted octanol–water partition coefficient (Wildman–Crippen LogP) is 3.05. The van der Waals surface area contributed by atoms with E-state index in [1.54, 1.807) is 0 Å². The number of nitrogens with zero attached hydrogens (tertiary/aromatic N) is 1. The third kappa shape index (κ3) is 4.31. The molecule has 0 aliphatic heterocycles. The molecular formula is C11H13ClN2O2. The number of carbonyl (C=O) groups excluding carboxylic acids is 1. The summed E-state index contributed by atoms with van der Waals surface area (Å²) in [7, 11) is 0. The summed E-state index contributed by atoms with van der Waals surface area (Å²) >= 11 is 5.42. The summed E-state index contributed by atoms with van der Waals surface area (Å²) in [4.78, 5) is 15.7. The molecule has 0 aliphatic rings. The molecule has 5 heteroatoms. The van der Waals surface area contributed by atoms with E-state index in [2.05, 4.69) is 15.3 Å². The maximum absolute atomic E-state index is 11.2. The molecule has 0 saturated carbocycles. The fourth-order valence-electron chi connectivity index (χ4n) is 1.13. The zero-order valence-corrected chi connectivity index (χ0v) is 9.86. The van der Waals surface area contributed by atoms with Gasteiger partial charge in [-0.1, -0.05) is 47.1 Å². The van der Waals surface area contributed by atoms with Crippen LogP contribution in [0.1, 0.15) is 25.5 Å². The lowest BCUT2D eigenvalue weighted by Crippen LogP contribution is -2.26. The van der Waals surface area contributed by atoms with Crippen LogP contribution >= 0.6 is 11.6 Å². The molecule has 1 rings (SSSR count). The minimum absolute atomic E-state index is 0.139. The van der Waals surface area contributed by atoms with Gasteiger partial charge in [-0.25, -0.2) is 4.79 Å². The molecule has 0 fully saturated rings. The van der Waals surface area contributed by atoms with Crippen LogP contribution in [0.25, 0.3) is 0 Å². The highest BCUT2D eigenvalue weighted by molar-refractivity contribution is 6.64. The van der Waals surface area contributed by atoms with Crippen LogP contribution in [0.5, 0.6) is 0 Å². The fourth-order valence-corrected chi connectivity index (χ4v) is 1.17. The van der Waals surface area contributed by atoms with E-state index < -0.39 is 6.09 Å². The van der Waals surface area contributed by atoms with E-state index in [1.807, 2.05) is 37.3 Å². The van der Waals surface area contributed by atoms with Gasteiger partial charge in [0.15, 0.2) is 0 Å². The van der Waals surface area contributed by atoms with Gasteiger partial charge in [-0.15, -0.1) is 0 Å². The monoisotopic (exact) mass is 240 g/mol. The zero-order valence-electron chi connectivity index (χ0n) is 9.11. The lowest BCUT2D eigenvalue weighted by atomic mass is 10.1. The van der Waals surface area contributed by atoms with Crippen molar-refractivity contribution in [2.45, 2.75) is 19.9 Å². The van der Waals surface area contributed by atoms with Gasteiger partial charge < -0.3 is 5.32 Å². The third-order valence-corrected chi connectivity index (χ3v) is 1.96. The first kappa shape index (κ1) is 12.5. The Morgan fingerprint density at radius 2 is 2.06 bits per heavy atom. The summed E-state index contributed by atoms with van der Waals surface area (Å²) in [6.07, 6.45) is -0.628. The van der Waals surface area contributed by atoms with Gasteiger partial charge in [0.2, 0.25) is 0 Å². The summed E-state index contributed by atoms with van der Waals surface area (Å²) < 4.78 is 0. The molecule has 4 nitrogen and oxygen atoms in total. The molecule has 0 aliphatic carbocycles. The largest absolute Gasteiger partial charge is 0.433 e. The van der Waals surface area contributed by atoms with Crippen molar-refractivity contribution < 1.29 is 9.63 Å². The number of hydrogen-bond acceptors (Lipinski definition) is 3. The summed E-state index contributed by atoms with van der Waals surface area (Å²) in [5, 5.41) is 6.13. The minimum Gasteiger partial charge on any atom is -0.313 e. The molecule has 16 heavy (non-hydrogen) atoms. The van der Waals surface area contributed by atoms with E-state index in [-0.39, 0.29) is 11.2 Å². The molecule has 0 heterocycles. The lowest BCUT2D eigenvalue weighted by Gasteiger charge is -2.12. The summed E-state index contributed by atoms with van der Waals surface area (Å²) in [5.74, 6) is 0. The normalized spacial score (nSPS) is 13.1. The first-order valence-corrected chi connectivity index (χ1v) is 5.20. The van der Waals surface area contributed by atoms with Crippen molar-refractivity contribution in [2.75, 3.05) is 0 Å². The van der Waals surface area contributed by atoms with E-state index in [9.17, 15) is 4.79 Å². The van der Waals surface area contributed by atoms with Gasteiger partial charge in [-0.2, -0.15) is 0 Å². The lowest BCUT2D eigenvalue weighted by molar-refractivity contribution is 0.147. The number of oxime groups is 1. The molecule has 1 aromatic rings. The van der Waals surface area contributed by atoms with Crippen molar-refractivity contribution in [3.8, 4) is 0 Å². The van der Waals surface area contributed by atoms with Crippen molar-refractivity contribution in [3.05, 3.63) is 35.9 Å². The van der Waals surface area contributed by atoms with E-state index >= 15 is 0 Å². The molecule has 0 radical (unpaired) electrons. The number of nitrogens with one attached hydrogen (secondary N) is 1. The number of hydrogen-bond donors (Lipinski definition) is 1. The van der Waals surface area contributed by atoms with Crippen molar-refractivity contribution in [3.63, 3.8) is 0 Å². The van der Waals surface area contributed by atoms with Gasteiger partial charge in [0.05, 0.1) is 6.04 Å². The highest BCUT2D eigenvalue weighted by Gasteiger charge is 2.09. The second kappa shape index (κ2) is 6.12. The van der Waals surface area contributed by atoms with Crippen LogP contribution in [0.15, 0.2) is 35.5 Å². The van der Waals surface area contributed by atoms with E-state index in [1.165, 1.54) is 6.92 Å². The molecule has 1 aromatic carbocycles. The Hall–Kier alpha value is -1.55. The molecule has 1 unspecified atom stereocenters. The van der Waals surface area contributed by atoms with Gasteiger partial charge in [0.25, 0.3) is 0 Å². The molecule has 0 spiro atoms. The zero-order chi connectivity index (χ0) is 12.0. The Kier molecular flexibility index (Phi) is 4.79. The number of amides is 1. The third-order valence-electron chi connectivity index (χ3n) is 1.89. The fraction of sp³-hybridized carbons (Fsp3) is 0.273. The Morgan fingerprint density at radius 3 is 2.62 bits per heavy atom. The van der Waals surface area contributed by atoms with Gasteiger partial charge in [0.1, 0.15) is 5.17 Å². The molecule has 1 amide bonds. The van der Waals surface area contributed by atoms with Crippen molar-refractivity contribution in [1.29, 1.82) is 0 Å². The second-order valence-corrected chi connectivity index (χ2v) is 3.79. The highest BCUT2D eigenvalue weighted by atomic mass is 35.5. The number of benzene rings is 1. The van der Waals surface area contributed by atoms with Crippen molar-refractivity contribution >= 4 is 22.9 Å². The van der Waals surface area contributed by atoms with Gasteiger partial charge in [-0.3, -0.25) is 4.84 Å². The van der Waals surface area contributed by atoms with Crippen LogP contribution in [0, 0.1) is 0 Å². The number of carbonyl (C=O) groups is 1. The van der Waals surface area contributed by atoms with Crippen LogP contribution in [0.4, 0.5) is 4.79 Å². The van der Waals surface area contributed by atoms with E-state index in [0.717, 1.165) is 5.56 Å². The van der Waals surface area contributed by atoms with Crippen LogP contribution in [-0.2, 0) is 4.84 Å². The highest BCUT2D eigenvalue weighted by Crippen LogP contribution is 2.10. The molecule has 0 saturated heterocycles. The molecule has 1 N–H and O–H groups in total. The van der Waals surface area contributed by atoms with Gasteiger partial charge >= 0.3 is 6.09 Å². The van der Waals surface area contributed by atoms with E-state index in [4.69, 9.17) is 11.6 Å². The number of rotatable bonds is 3. The van der Waals surface area contributed by atoms with Gasteiger partial charge in [-0.05, 0) is 19.4 Å². The predicted molar refractivity (Wildman–Crippen MR) is 63.4 cm³/mol. The molecule has 1 atom stereocenters. The number of halogens is 1. The first-order valence-electron chi connectivity index (χ1n) is 4.82. The topological polar surface area (TPSA) is 50.7 Å². The first-order chi connectivity index (χ1) is 7.59. The summed E-state index contributed by atoms with van der Waals surface area (Å²) in [6.45, 7) is 3.38. The maximum Gasteiger partial charge on any atom is 0.433 e. The van der Waals surface area contributed by atoms with Crippen molar-refractivity contribution in [1.82, 2.24) is 5.32 Å². The molecule has 0 aromatic heterocycles. The van der Waals surface area contributed by atoms with E-state index in [0.29, 0.717) is 0 Å². The Labute approximate surface area is 99.2 Å². The standard InChI is InChI=1S/C11H13ClN2O2/c1-8(10-6-4-3-5-7-10)13-11(15)16-14-9(2)12/h3-8H,1-2H3,(H,13,15)/b14-9+. The molecular weight excluding hydrogens is 228 g/mol. The maximum atomic E-state index is 11.2. The summed E-state index contributed by atoms with van der Waals surface area (Å²) in [6, 6.07) is 9.41. The smallest absolute Gasteiger partial charge is 0.313 e. The minimum atomic E-state index is -0.628. The van der Waals surface area contributed by atoms with Crippen LogP contribution in [0.2, 0.25) is 0 Å². The Balaban J connectivity index is 2.49. The van der Waals surface area contributed by atoms with Crippen LogP contribution in [-0.4, -0.2) is 11.3 Å².